The summed E-state index contributed by atoms with van der Waals surface area (Å²) in [7, 11) is 1.12. The fourth-order valence-corrected chi connectivity index (χ4v) is 1.30. The van der Waals surface area contributed by atoms with Gasteiger partial charge in [0.05, 0.1) is 18.2 Å². The van der Waals surface area contributed by atoms with Crippen molar-refractivity contribution in [3.63, 3.8) is 0 Å². The molecule has 0 aromatic carbocycles. The number of rotatable bonds is 2. The van der Waals surface area contributed by atoms with Gasteiger partial charge >= 0.3 is 5.97 Å². The summed E-state index contributed by atoms with van der Waals surface area (Å²) in [6.07, 6.45) is -1.85. The van der Waals surface area contributed by atoms with Gasteiger partial charge in [-0.3, -0.25) is 4.98 Å². The van der Waals surface area contributed by atoms with Gasteiger partial charge in [-0.15, -0.1) is 0 Å². The molecule has 0 N–H and O–H groups in total. The van der Waals surface area contributed by atoms with E-state index in [1.807, 2.05) is 0 Å². The van der Waals surface area contributed by atoms with Crippen LogP contribution in [0, 0.1) is 18.3 Å². The van der Waals surface area contributed by atoms with Crippen molar-refractivity contribution in [3.8, 4) is 6.07 Å². The fraction of sp³-hybridized carbons (Fsp3) is 0.300. The van der Waals surface area contributed by atoms with E-state index in [1.165, 1.54) is 6.92 Å². The molecule has 1 heterocycles. The second-order valence-electron chi connectivity index (χ2n) is 2.96. The number of halogens is 2. The Labute approximate surface area is 90.5 Å². The number of methoxy groups -OCH3 is 1. The van der Waals surface area contributed by atoms with E-state index in [-0.39, 0.29) is 16.7 Å². The van der Waals surface area contributed by atoms with Crippen LogP contribution in [0.15, 0.2) is 6.20 Å². The Bertz CT molecular complexity index is 467. The van der Waals surface area contributed by atoms with Crippen molar-refractivity contribution in [2.45, 2.75) is 13.3 Å². The van der Waals surface area contributed by atoms with E-state index in [0.717, 1.165) is 13.3 Å². The van der Waals surface area contributed by atoms with Crippen molar-refractivity contribution in [2.24, 2.45) is 0 Å². The van der Waals surface area contributed by atoms with Crippen LogP contribution in [0.3, 0.4) is 0 Å². The Morgan fingerprint density at radius 1 is 1.62 bits per heavy atom. The maximum Gasteiger partial charge on any atom is 0.339 e. The van der Waals surface area contributed by atoms with E-state index in [9.17, 15) is 13.6 Å². The van der Waals surface area contributed by atoms with Gasteiger partial charge < -0.3 is 4.74 Å². The number of aromatic nitrogens is 1. The predicted molar refractivity (Wildman–Crippen MR) is 50.0 cm³/mol. The van der Waals surface area contributed by atoms with Crippen LogP contribution in [0.1, 0.15) is 33.6 Å². The summed E-state index contributed by atoms with van der Waals surface area (Å²) >= 11 is 0. The van der Waals surface area contributed by atoms with E-state index in [2.05, 4.69) is 9.72 Å². The van der Waals surface area contributed by atoms with Gasteiger partial charge in [0.1, 0.15) is 11.8 Å². The number of carbonyl (C=O) groups excluding carboxylic acids is 1. The average Bonchev–Trinajstić information content (AvgIpc) is 2.26. The Balaban J connectivity index is 3.48. The molecule has 0 spiro atoms. The number of alkyl halides is 2. The van der Waals surface area contributed by atoms with E-state index in [4.69, 9.17) is 5.26 Å². The molecule has 0 aliphatic carbocycles. The Hall–Kier alpha value is -2.03. The lowest BCUT2D eigenvalue weighted by atomic mass is 10.0. The van der Waals surface area contributed by atoms with Crippen LogP contribution in [0.25, 0.3) is 0 Å². The summed E-state index contributed by atoms with van der Waals surface area (Å²) < 4.78 is 29.5. The van der Waals surface area contributed by atoms with E-state index < -0.39 is 18.1 Å². The molecule has 0 aliphatic heterocycles. The van der Waals surface area contributed by atoms with Crippen LogP contribution in [-0.4, -0.2) is 18.1 Å². The molecule has 0 saturated carbocycles. The lowest BCUT2D eigenvalue weighted by Crippen LogP contribution is -2.10. The molecule has 84 valence electrons. The zero-order chi connectivity index (χ0) is 12.3. The first-order chi connectivity index (χ1) is 7.52. The SMILES string of the molecule is COC(=O)c1c(C#N)cnc(C(F)F)c1C. The molecule has 0 aliphatic rings. The highest BCUT2D eigenvalue weighted by molar-refractivity contribution is 5.93. The molecule has 6 heteroatoms. The monoisotopic (exact) mass is 226 g/mol. The number of hydrogen-bond donors (Lipinski definition) is 0. The van der Waals surface area contributed by atoms with Gasteiger partial charge in [0, 0.05) is 6.20 Å². The van der Waals surface area contributed by atoms with Gasteiger partial charge in [0.2, 0.25) is 0 Å². The molecule has 16 heavy (non-hydrogen) atoms. The Morgan fingerprint density at radius 2 is 2.25 bits per heavy atom. The summed E-state index contributed by atoms with van der Waals surface area (Å²) in [5.41, 5.74) is -0.774. The van der Waals surface area contributed by atoms with Crippen LogP contribution in [0.4, 0.5) is 8.78 Å². The van der Waals surface area contributed by atoms with Crippen LogP contribution in [0.5, 0.6) is 0 Å². The highest BCUT2D eigenvalue weighted by atomic mass is 19.3. The second kappa shape index (κ2) is 4.66. The fourth-order valence-electron chi connectivity index (χ4n) is 1.30. The molecule has 4 nitrogen and oxygen atoms in total. The average molecular weight is 226 g/mol. The molecule has 0 radical (unpaired) electrons. The van der Waals surface area contributed by atoms with Crippen LogP contribution in [-0.2, 0) is 4.74 Å². The first-order valence-corrected chi connectivity index (χ1v) is 4.29. The first kappa shape index (κ1) is 12.0. The maximum atomic E-state index is 12.5. The molecule has 0 unspecified atom stereocenters. The molecule has 0 amide bonds. The Kier molecular flexibility index (Phi) is 3.51. The van der Waals surface area contributed by atoms with E-state index in [0.29, 0.717) is 0 Å². The number of pyridine rings is 1. The third kappa shape index (κ3) is 1.98. The Morgan fingerprint density at radius 3 is 2.69 bits per heavy atom. The zero-order valence-corrected chi connectivity index (χ0v) is 8.62. The highest BCUT2D eigenvalue weighted by Gasteiger charge is 2.22. The predicted octanol–water partition coefficient (Wildman–Crippen LogP) is 1.99. The number of nitriles is 1. The van der Waals surface area contributed by atoms with Gasteiger partial charge in [-0.1, -0.05) is 0 Å². The van der Waals surface area contributed by atoms with Crippen molar-refractivity contribution < 1.29 is 18.3 Å². The standard InChI is InChI=1S/C10H8F2N2O2/c1-5-7(10(15)16-2)6(3-13)4-14-8(5)9(11)12/h4,9H,1-2H3. The van der Waals surface area contributed by atoms with Crippen molar-refractivity contribution in [2.75, 3.05) is 7.11 Å². The normalized spacial score (nSPS) is 10.0. The van der Waals surface area contributed by atoms with Gasteiger partial charge in [-0.2, -0.15) is 5.26 Å². The first-order valence-electron chi connectivity index (χ1n) is 4.29. The van der Waals surface area contributed by atoms with Gasteiger partial charge in [-0.25, -0.2) is 13.6 Å². The minimum Gasteiger partial charge on any atom is -0.465 e. The number of esters is 1. The minimum atomic E-state index is -2.80. The summed E-state index contributed by atoms with van der Waals surface area (Å²) in [6.45, 7) is 1.31. The third-order valence-electron chi connectivity index (χ3n) is 2.08. The molecule has 1 rings (SSSR count). The van der Waals surface area contributed by atoms with Crippen molar-refractivity contribution in [1.29, 1.82) is 5.26 Å². The van der Waals surface area contributed by atoms with E-state index >= 15 is 0 Å². The summed E-state index contributed by atoms with van der Waals surface area (Å²) in [6, 6.07) is 1.71. The smallest absolute Gasteiger partial charge is 0.339 e. The minimum absolute atomic E-state index is 0.0269. The van der Waals surface area contributed by atoms with Crippen LogP contribution in [0.2, 0.25) is 0 Å². The number of nitrogens with zero attached hydrogens (tertiary/aromatic N) is 2. The zero-order valence-electron chi connectivity index (χ0n) is 8.62. The highest BCUT2D eigenvalue weighted by Crippen LogP contribution is 2.24. The molecule has 0 atom stereocenters. The summed E-state index contributed by atoms with van der Waals surface area (Å²) in [4.78, 5) is 14.8. The van der Waals surface area contributed by atoms with E-state index in [1.54, 1.807) is 6.07 Å². The quantitative estimate of drug-likeness (QED) is 0.723. The summed E-state index contributed by atoms with van der Waals surface area (Å²) in [5.74, 6) is -0.821. The van der Waals surface area contributed by atoms with Crippen molar-refractivity contribution in [1.82, 2.24) is 4.98 Å². The number of ether oxygens (including phenoxy) is 1. The lowest BCUT2D eigenvalue weighted by Gasteiger charge is -2.09. The largest absolute Gasteiger partial charge is 0.465 e. The summed E-state index contributed by atoms with van der Waals surface area (Å²) in [5, 5.41) is 8.73. The molecule has 1 aromatic heterocycles. The van der Waals surface area contributed by atoms with Gasteiger partial charge in [-0.05, 0) is 12.5 Å². The van der Waals surface area contributed by atoms with Gasteiger partial charge in [0.25, 0.3) is 6.43 Å². The molecular weight excluding hydrogens is 218 g/mol. The lowest BCUT2D eigenvalue weighted by molar-refractivity contribution is 0.0598. The molecule has 0 fully saturated rings. The maximum absolute atomic E-state index is 12.5. The molecule has 1 aromatic rings. The topological polar surface area (TPSA) is 63.0 Å². The van der Waals surface area contributed by atoms with Gasteiger partial charge in [0.15, 0.2) is 0 Å². The number of carbonyl (C=O) groups is 1. The van der Waals surface area contributed by atoms with Crippen molar-refractivity contribution >= 4 is 5.97 Å². The molecule has 0 bridgehead atoms. The molecular formula is C10H8F2N2O2. The number of hydrogen-bond acceptors (Lipinski definition) is 4. The third-order valence-corrected chi connectivity index (χ3v) is 2.08. The van der Waals surface area contributed by atoms with Crippen LogP contribution < -0.4 is 0 Å². The van der Waals surface area contributed by atoms with Crippen LogP contribution >= 0.6 is 0 Å². The second-order valence-corrected chi connectivity index (χ2v) is 2.96. The van der Waals surface area contributed by atoms with Crippen molar-refractivity contribution in [3.05, 3.63) is 28.6 Å². The molecule has 0 saturated heterocycles.